The summed E-state index contributed by atoms with van der Waals surface area (Å²) in [4.78, 5) is 14.3. The molecule has 0 unspecified atom stereocenters. The van der Waals surface area contributed by atoms with Crippen molar-refractivity contribution in [2.45, 2.75) is 27.3 Å². The van der Waals surface area contributed by atoms with Gasteiger partial charge in [-0.05, 0) is 49.6 Å². The normalized spacial score (nSPS) is 15.0. The quantitative estimate of drug-likeness (QED) is 0.781. The number of nitrogens with zero attached hydrogens (tertiary/aromatic N) is 1. The summed E-state index contributed by atoms with van der Waals surface area (Å²) in [5, 5.41) is 3.02. The van der Waals surface area contributed by atoms with Gasteiger partial charge in [0.05, 0.1) is 26.3 Å². The van der Waals surface area contributed by atoms with E-state index >= 15 is 0 Å². The fourth-order valence-electron chi connectivity index (χ4n) is 3.68. The van der Waals surface area contributed by atoms with Crippen LogP contribution in [0.2, 0.25) is 0 Å². The molecule has 2 N–H and O–H groups in total. The highest BCUT2D eigenvalue weighted by molar-refractivity contribution is 5.95. The Morgan fingerprint density at radius 1 is 1.14 bits per heavy atom. The van der Waals surface area contributed by atoms with Gasteiger partial charge in [-0.2, -0.15) is 0 Å². The highest BCUT2D eigenvalue weighted by Gasteiger charge is 2.22. The Balaban J connectivity index is 1.74. The van der Waals surface area contributed by atoms with Crippen molar-refractivity contribution in [3.05, 3.63) is 57.9 Å². The van der Waals surface area contributed by atoms with Crippen molar-refractivity contribution in [2.24, 2.45) is 0 Å². The van der Waals surface area contributed by atoms with Crippen molar-refractivity contribution in [3.8, 4) is 0 Å². The summed E-state index contributed by atoms with van der Waals surface area (Å²) in [6.45, 7) is 11.0. The minimum absolute atomic E-state index is 0.135. The van der Waals surface area contributed by atoms with Gasteiger partial charge in [0.1, 0.15) is 18.8 Å². The van der Waals surface area contributed by atoms with E-state index < -0.39 is 11.6 Å². The van der Waals surface area contributed by atoms with E-state index in [1.807, 2.05) is 25.3 Å². The number of quaternary nitrogens is 1. The zero-order valence-corrected chi connectivity index (χ0v) is 16.7. The van der Waals surface area contributed by atoms with Crippen LogP contribution in [0, 0.1) is 32.4 Å². The second-order valence-electron chi connectivity index (χ2n) is 7.39. The molecule has 0 radical (unpaired) electrons. The van der Waals surface area contributed by atoms with Gasteiger partial charge in [0, 0.05) is 12.2 Å². The molecule has 0 spiro atoms. The summed E-state index contributed by atoms with van der Waals surface area (Å²) in [6.07, 6.45) is 0. The molecular formula is C21H28F2N3O2+. The number of amides is 1. The Morgan fingerprint density at radius 3 is 2.54 bits per heavy atom. The lowest BCUT2D eigenvalue weighted by atomic mass is 10.1. The molecule has 7 heteroatoms. The smallest absolute Gasteiger partial charge is 0.268 e. The molecule has 1 amide bonds. The molecule has 0 bridgehead atoms. The molecule has 1 fully saturated rings. The summed E-state index contributed by atoms with van der Waals surface area (Å²) in [6, 6.07) is 3.85. The van der Waals surface area contributed by atoms with Crippen LogP contribution in [0.3, 0.4) is 0 Å². The third kappa shape index (κ3) is 4.42. The summed E-state index contributed by atoms with van der Waals surface area (Å²) >= 11 is 0. The number of hydrogen-bond donors (Lipinski definition) is 2. The molecule has 2 heterocycles. The lowest BCUT2D eigenvalue weighted by Crippen LogP contribution is -3.14. The zero-order chi connectivity index (χ0) is 20.3. The van der Waals surface area contributed by atoms with Crippen molar-refractivity contribution in [1.82, 2.24) is 9.88 Å². The van der Waals surface area contributed by atoms with E-state index in [1.54, 1.807) is 6.07 Å². The molecular weight excluding hydrogens is 364 g/mol. The minimum Gasteiger partial charge on any atom is -0.370 e. The first kappa shape index (κ1) is 20.5. The maximum atomic E-state index is 13.6. The predicted molar refractivity (Wildman–Crippen MR) is 103 cm³/mol. The number of aromatic nitrogens is 1. The van der Waals surface area contributed by atoms with Crippen LogP contribution >= 0.6 is 0 Å². The molecule has 0 atom stereocenters. The predicted octanol–water partition coefficient (Wildman–Crippen LogP) is 1.38. The van der Waals surface area contributed by atoms with Gasteiger partial charge in [-0.25, -0.2) is 8.78 Å². The Kier molecular flexibility index (Phi) is 6.46. The summed E-state index contributed by atoms with van der Waals surface area (Å²) in [5.41, 5.74) is 4.09. The molecule has 2 aromatic rings. The van der Waals surface area contributed by atoms with Gasteiger partial charge in [-0.3, -0.25) is 4.79 Å². The van der Waals surface area contributed by atoms with Gasteiger partial charge in [-0.1, -0.05) is 6.07 Å². The van der Waals surface area contributed by atoms with E-state index in [4.69, 9.17) is 4.74 Å². The van der Waals surface area contributed by atoms with E-state index in [2.05, 4.69) is 5.32 Å². The number of halogens is 2. The third-order valence-corrected chi connectivity index (χ3v) is 5.64. The standard InChI is InChI=1S/C21H27F2N3O2/c1-14-15(2)20(21(27)24-6-7-25-8-10-28-11-9-25)26(16(14)3)13-17-4-5-18(22)19(23)12-17/h4-5,12H,6-11,13H2,1-3H3,(H,24,27)/p+1. The van der Waals surface area contributed by atoms with Crippen LogP contribution in [0.15, 0.2) is 18.2 Å². The molecule has 152 valence electrons. The van der Waals surface area contributed by atoms with E-state index in [-0.39, 0.29) is 5.91 Å². The fraction of sp³-hybridized carbons (Fsp3) is 0.476. The molecule has 28 heavy (non-hydrogen) atoms. The molecule has 0 aliphatic carbocycles. The Labute approximate surface area is 164 Å². The lowest BCUT2D eigenvalue weighted by Gasteiger charge is -2.23. The Bertz CT molecular complexity index is 858. The first-order valence-electron chi connectivity index (χ1n) is 9.68. The molecule has 3 rings (SSSR count). The van der Waals surface area contributed by atoms with Crippen LogP contribution in [0.25, 0.3) is 0 Å². The number of ether oxygens (including phenoxy) is 1. The summed E-state index contributed by atoms with van der Waals surface area (Å²) in [7, 11) is 0. The summed E-state index contributed by atoms with van der Waals surface area (Å²) in [5.74, 6) is -1.89. The van der Waals surface area contributed by atoms with Crippen LogP contribution < -0.4 is 10.2 Å². The second kappa shape index (κ2) is 8.84. The monoisotopic (exact) mass is 392 g/mol. The highest BCUT2D eigenvalue weighted by Crippen LogP contribution is 2.23. The number of rotatable bonds is 6. The maximum Gasteiger partial charge on any atom is 0.268 e. The number of benzene rings is 1. The molecule has 1 aromatic heterocycles. The van der Waals surface area contributed by atoms with Crippen LogP contribution in [-0.2, 0) is 11.3 Å². The molecule has 1 aliphatic rings. The van der Waals surface area contributed by atoms with Gasteiger partial charge < -0.3 is 19.5 Å². The highest BCUT2D eigenvalue weighted by atomic mass is 19.2. The van der Waals surface area contributed by atoms with Crippen LogP contribution in [0.5, 0.6) is 0 Å². The molecule has 1 aromatic carbocycles. The van der Waals surface area contributed by atoms with Gasteiger partial charge in [0.2, 0.25) is 0 Å². The molecule has 5 nitrogen and oxygen atoms in total. The van der Waals surface area contributed by atoms with Crippen LogP contribution in [0.4, 0.5) is 8.78 Å². The van der Waals surface area contributed by atoms with Crippen LogP contribution in [0.1, 0.15) is 32.9 Å². The van der Waals surface area contributed by atoms with Gasteiger partial charge >= 0.3 is 0 Å². The Morgan fingerprint density at radius 2 is 1.86 bits per heavy atom. The zero-order valence-electron chi connectivity index (χ0n) is 16.7. The van der Waals surface area contributed by atoms with E-state index in [0.29, 0.717) is 24.3 Å². The first-order valence-corrected chi connectivity index (χ1v) is 9.68. The van der Waals surface area contributed by atoms with Crippen molar-refractivity contribution < 1.29 is 23.2 Å². The average molecular weight is 392 g/mol. The second-order valence-corrected chi connectivity index (χ2v) is 7.39. The lowest BCUT2D eigenvalue weighted by molar-refractivity contribution is -0.906. The fourth-order valence-corrected chi connectivity index (χ4v) is 3.68. The Hall–Kier alpha value is -2.25. The minimum atomic E-state index is -0.879. The third-order valence-electron chi connectivity index (χ3n) is 5.64. The van der Waals surface area contributed by atoms with Crippen molar-refractivity contribution in [2.75, 3.05) is 39.4 Å². The largest absolute Gasteiger partial charge is 0.370 e. The van der Waals surface area contributed by atoms with Gasteiger partial charge in [-0.15, -0.1) is 0 Å². The SMILES string of the molecule is Cc1c(C)c(C(=O)NCC[NH+]2CCOCC2)n(Cc2ccc(F)c(F)c2)c1C. The van der Waals surface area contributed by atoms with E-state index in [1.165, 1.54) is 11.0 Å². The molecule has 0 saturated carbocycles. The van der Waals surface area contributed by atoms with E-state index in [9.17, 15) is 13.6 Å². The number of hydrogen-bond acceptors (Lipinski definition) is 2. The van der Waals surface area contributed by atoms with Crippen molar-refractivity contribution >= 4 is 5.91 Å². The molecule has 1 aliphatic heterocycles. The summed E-state index contributed by atoms with van der Waals surface area (Å²) < 4.78 is 34.1. The topological polar surface area (TPSA) is 47.7 Å². The first-order chi connectivity index (χ1) is 13.4. The van der Waals surface area contributed by atoms with Gasteiger partial charge in [0.25, 0.3) is 5.91 Å². The number of carbonyl (C=O) groups excluding carboxylic acids is 1. The van der Waals surface area contributed by atoms with Crippen molar-refractivity contribution in [1.29, 1.82) is 0 Å². The van der Waals surface area contributed by atoms with E-state index in [0.717, 1.165) is 55.7 Å². The molecule has 1 saturated heterocycles. The van der Waals surface area contributed by atoms with Crippen LogP contribution in [-0.4, -0.2) is 49.9 Å². The number of carbonyl (C=O) groups is 1. The number of nitrogens with one attached hydrogen (secondary N) is 2. The maximum absolute atomic E-state index is 13.6. The van der Waals surface area contributed by atoms with Gasteiger partial charge in [0.15, 0.2) is 11.6 Å². The average Bonchev–Trinajstić information content (AvgIpc) is 2.89. The number of morpholine rings is 1. The van der Waals surface area contributed by atoms with Crippen molar-refractivity contribution in [3.63, 3.8) is 0 Å².